The summed E-state index contributed by atoms with van der Waals surface area (Å²) >= 11 is 0. The topological polar surface area (TPSA) is 105 Å². The third-order valence-electron chi connectivity index (χ3n) is 4.09. The lowest BCUT2D eigenvalue weighted by molar-refractivity contribution is -0.188. The van der Waals surface area contributed by atoms with Gasteiger partial charge in [0.25, 0.3) is 0 Å². The Bertz CT molecular complexity index is 485. The maximum Gasteiger partial charge on any atom is 0.313 e. The van der Waals surface area contributed by atoms with Gasteiger partial charge in [0, 0.05) is 0 Å². The third-order valence-corrected chi connectivity index (χ3v) is 4.09. The van der Waals surface area contributed by atoms with Gasteiger partial charge in [0.2, 0.25) is 0 Å². The van der Waals surface area contributed by atoms with Crippen LogP contribution in [-0.4, -0.2) is 50.3 Å². The normalized spacial score (nSPS) is 26.2. The molecule has 0 unspecified atom stereocenters. The van der Waals surface area contributed by atoms with E-state index in [2.05, 4.69) is 9.47 Å². The van der Waals surface area contributed by atoms with Gasteiger partial charge in [-0.1, -0.05) is 21.3 Å². The molecule has 0 aromatic rings. The van der Waals surface area contributed by atoms with Crippen molar-refractivity contribution < 1.29 is 38.1 Å². The van der Waals surface area contributed by atoms with Crippen molar-refractivity contribution in [1.29, 1.82) is 0 Å². The van der Waals surface area contributed by atoms with Crippen molar-refractivity contribution in [3.05, 3.63) is 0 Å². The minimum Gasteiger partial charge on any atom is -0.469 e. The van der Waals surface area contributed by atoms with Gasteiger partial charge >= 0.3 is 23.9 Å². The van der Waals surface area contributed by atoms with E-state index in [1.165, 1.54) is 14.2 Å². The summed E-state index contributed by atoms with van der Waals surface area (Å²) in [7, 11) is 2.64. The number of carbonyl (C=O) groups excluding carboxylic acids is 4. The Labute approximate surface area is 148 Å². The maximum absolute atomic E-state index is 10.8. The smallest absolute Gasteiger partial charge is 0.313 e. The zero-order chi connectivity index (χ0) is 18.3. The van der Waals surface area contributed by atoms with E-state index >= 15 is 0 Å². The van der Waals surface area contributed by atoms with Crippen LogP contribution >= 0.6 is 0 Å². The highest BCUT2D eigenvalue weighted by Crippen LogP contribution is 2.28. The summed E-state index contributed by atoms with van der Waals surface area (Å²) < 4.78 is 18.5. The van der Waals surface area contributed by atoms with Gasteiger partial charge in [0.05, 0.1) is 33.0 Å². The van der Waals surface area contributed by atoms with E-state index < -0.39 is 0 Å². The summed E-state index contributed by atoms with van der Waals surface area (Å²) in [5, 5.41) is 0. The summed E-state index contributed by atoms with van der Waals surface area (Å²) in [4.78, 5) is 43.2. The van der Waals surface area contributed by atoms with Gasteiger partial charge in [-0.05, 0) is 12.8 Å². The van der Waals surface area contributed by atoms with Gasteiger partial charge in [-0.25, -0.2) is 0 Å². The molecule has 25 heavy (non-hydrogen) atoms. The van der Waals surface area contributed by atoms with Crippen molar-refractivity contribution in [2.45, 2.75) is 59.2 Å². The molecule has 0 aromatic carbocycles. The van der Waals surface area contributed by atoms with Crippen molar-refractivity contribution in [3.8, 4) is 0 Å². The van der Waals surface area contributed by atoms with Crippen LogP contribution in [0.15, 0.2) is 0 Å². The fraction of sp³-hybridized carbons (Fsp3) is 0.765. The van der Waals surface area contributed by atoms with Crippen molar-refractivity contribution in [2.24, 2.45) is 11.8 Å². The molecule has 8 heteroatoms. The number of hydrogen-bond acceptors (Lipinski definition) is 8. The van der Waals surface area contributed by atoms with Crippen molar-refractivity contribution in [1.82, 2.24) is 0 Å². The first-order valence-electron chi connectivity index (χ1n) is 7.92. The number of rotatable bonds is 6. The van der Waals surface area contributed by atoms with Crippen LogP contribution in [0.2, 0.25) is 0 Å². The molecule has 0 bridgehead atoms. The van der Waals surface area contributed by atoms with Crippen LogP contribution in [0.4, 0.5) is 0 Å². The number of cyclic esters (lactones) is 2. The molecule has 2 fully saturated rings. The average molecular weight is 360 g/mol. The first kappa shape index (κ1) is 22.9. The molecule has 2 heterocycles. The number of methoxy groups -OCH3 is 2. The fourth-order valence-corrected chi connectivity index (χ4v) is 2.50. The molecule has 144 valence electrons. The van der Waals surface area contributed by atoms with Crippen LogP contribution in [0.1, 0.15) is 47.0 Å². The van der Waals surface area contributed by atoms with Gasteiger partial charge < -0.3 is 18.9 Å². The second kappa shape index (κ2) is 10.7. The molecular formula is C17H28O8. The van der Waals surface area contributed by atoms with E-state index in [0.29, 0.717) is 0 Å². The Morgan fingerprint density at radius 3 is 1.72 bits per heavy atom. The molecule has 0 amide bonds. The largest absolute Gasteiger partial charge is 0.469 e. The monoisotopic (exact) mass is 360 g/mol. The molecule has 0 N–H and O–H groups in total. The Hall–Kier alpha value is -2.12. The summed E-state index contributed by atoms with van der Waals surface area (Å²) in [6.45, 7) is 3.82. The number of ether oxygens (including phenoxy) is 4. The summed E-state index contributed by atoms with van der Waals surface area (Å²) in [6.07, 6.45) is 1.47. The van der Waals surface area contributed by atoms with E-state index in [4.69, 9.17) is 9.47 Å². The van der Waals surface area contributed by atoms with E-state index in [1.807, 2.05) is 13.8 Å². The zero-order valence-electron chi connectivity index (χ0n) is 14.4. The second-order valence-electron chi connectivity index (χ2n) is 5.54. The number of esters is 4. The molecule has 2 rings (SSSR count). The molecular weight excluding hydrogens is 332 g/mol. The highest BCUT2D eigenvalue weighted by Gasteiger charge is 2.43. The molecule has 4 atom stereocenters. The van der Waals surface area contributed by atoms with Gasteiger partial charge in [-0.2, -0.15) is 0 Å². The van der Waals surface area contributed by atoms with Crippen LogP contribution in [0, 0.1) is 11.8 Å². The van der Waals surface area contributed by atoms with E-state index in [1.54, 1.807) is 0 Å². The summed E-state index contributed by atoms with van der Waals surface area (Å²) in [6, 6.07) is 0. The Morgan fingerprint density at radius 2 is 1.32 bits per heavy atom. The lowest BCUT2D eigenvalue weighted by Gasteiger charge is -2.33. The van der Waals surface area contributed by atoms with Crippen LogP contribution in [0.25, 0.3) is 0 Å². The van der Waals surface area contributed by atoms with Crippen molar-refractivity contribution in [2.75, 3.05) is 14.2 Å². The standard InChI is InChI=1S/2C8H12O4.CH4/c1-3-6-5(8(10)12-6)4-7(9)11-2;1-3-5-6(12-8(5)10)4-7(9)11-2;/h2*5-6H,3-4H2,1-2H3;1H4/t2*5-,6-;/m10./s1. The average Bonchev–Trinajstić information content (AvgIpc) is 2.57. The SMILES string of the molecule is C.CC[C@@H]1C(=O)O[C@H]1CC(=O)OC.CC[C@H]1OC(=O)[C@@H]1CC(=O)OC. The van der Waals surface area contributed by atoms with Crippen molar-refractivity contribution in [3.63, 3.8) is 0 Å². The van der Waals surface area contributed by atoms with Gasteiger partial charge in [-0.15, -0.1) is 0 Å². The Balaban J connectivity index is 0.000000443. The minimum absolute atomic E-state index is 0. The van der Waals surface area contributed by atoms with Gasteiger partial charge in [0.15, 0.2) is 0 Å². The van der Waals surface area contributed by atoms with E-state index in [0.717, 1.165) is 12.8 Å². The molecule has 0 aromatic heterocycles. The van der Waals surface area contributed by atoms with Crippen LogP contribution in [-0.2, 0) is 38.1 Å². The molecule has 2 aliphatic rings. The summed E-state index contributed by atoms with van der Waals surface area (Å²) in [5.74, 6) is -1.55. The maximum atomic E-state index is 10.8. The van der Waals surface area contributed by atoms with Crippen LogP contribution in [0.3, 0.4) is 0 Å². The van der Waals surface area contributed by atoms with E-state index in [-0.39, 0.29) is 68.2 Å². The molecule has 8 nitrogen and oxygen atoms in total. The zero-order valence-corrected chi connectivity index (χ0v) is 14.4. The van der Waals surface area contributed by atoms with Gasteiger partial charge in [-0.3, -0.25) is 19.2 Å². The van der Waals surface area contributed by atoms with Crippen molar-refractivity contribution >= 4 is 23.9 Å². The molecule has 2 saturated heterocycles. The molecule has 0 aliphatic carbocycles. The first-order chi connectivity index (χ1) is 11.4. The molecule has 0 radical (unpaired) electrons. The molecule has 0 spiro atoms. The molecule has 0 saturated carbocycles. The van der Waals surface area contributed by atoms with E-state index in [9.17, 15) is 19.2 Å². The quantitative estimate of drug-likeness (QED) is 0.520. The second-order valence-corrected chi connectivity index (χ2v) is 5.54. The lowest BCUT2D eigenvalue weighted by atomic mass is 9.92. The first-order valence-corrected chi connectivity index (χ1v) is 7.92. The Kier molecular flexibility index (Phi) is 9.78. The number of hydrogen-bond donors (Lipinski definition) is 0. The highest BCUT2D eigenvalue weighted by atomic mass is 16.6. The third kappa shape index (κ3) is 6.03. The molecule has 2 aliphatic heterocycles. The van der Waals surface area contributed by atoms with Crippen LogP contribution < -0.4 is 0 Å². The van der Waals surface area contributed by atoms with Gasteiger partial charge in [0.1, 0.15) is 18.1 Å². The summed E-state index contributed by atoms with van der Waals surface area (Å²) in [5.41, 5.74) is 0. The Morgan fingerprint density at radius 1 is 0.840 bits per heavy atom. The predicted octanol–water partition coefficient (Wildman–Crippen LogP) is 1.64. The lowest BCUT2D eigenvalue weighted by Crippen LogP contribution is -2.45. The highest BCUT2D eigenvalue weighted by molar-refractivity contribution is 5.84. The van der Waals surface area contributed by atoms with Crippen LogP contribution in [0.5, 0.6) is 0 Å². The fourth-order valence-electron chi connectivity index (χ4n) is 2.50. The predicted molar refractivity (Wildman–Crippen MR) is 87.3 cm³/mol. The minimum atomic E-state index is -0.352. The number of carbonyl (C=O) groups is 4.